The van der Waals surface area contributed by atoms with Crippen LogP contribution in [-0.2, 0) is 0 Å². The third-order valence-corrected chi connectivity index (χ3v) is 6.24. The number of anilines is 1. The van der Waals surface area contributed by atoms with Gasteiger partial charge in [-0.2, -0.15) is 0 Å². The van der Waals surface area contributed by atoms with Crippen LogP contribution >= 0.6 is 11.3 Å². The van der Waals surface area contributed by atoms with Crippen molar-refractivity contribution in [3.8, 4) is 10.6 Å². The van der Waals surface area contributed by atoms with Gasteiger partial charge in [-0.05, 0) is 26.5 Å². The predicted octanol–water partition coefficient (Wildman–Crippen LogP) is 2.38. The molecule has 2 aliphatic heterocycles. The average molecular weight is 381 g/mol. The first kappa shape index (κ1) is 16.5. The summed E-state index contributed by atoms with van der Waals surface area (Å²) in [6.45, 7) is 3.63. The Morgan fingerprint density at radius 1 is 1.26 bits per heavy atom. The van der Waals surface area contributed by atoms with E-state index >= 15 is 0 Å². The number of benzene rings is 1. The molecule has 0 spiro atoms. The van der Waals surface area contributed by atoms with Crippen molar-refractivity contribution in [2.75, 3.05) is 25.5 Å². The highest BCUT2D eigenvalue weighted by Gasteiger charge is 2.43. The maximum atomic E-state index is 12.6. The minimum absolute atomic E-state index is 0.120. The normalized spacial score (nSPS) is 21.9. The SMILES string of the molecule is Cc1nnc(-c2ccc3cnc(NC(=O)N4C[C@H]5C[C@@H]4CN5C)nc3c2)s1. The number of urea groups is 1. The number of nitrogens with zero attached hydrogens (tertiary/aromatic N) is 6. The van der Waals surface area contributed by atoms with Crippen LogP contribution in [0.2, 0.25) is 0 Å². The first-order valence-corrected chi connectivity index (χ1v) is 9.73. The van der Waals surface area contributed by atoms with E-state index in [4.69, 9.17) is 0 Å². The second-order valence-corrected chi connectivity index (χ2v) is 8.34. The van der Waals surface area contributed by atoms with Crippen LogP contribution in [0.3, 0.4) is 0 Å². The maximum Gasteiger partial charge on any atom is 0.324 e. The number of hydrogen-bond acceptors (Lipinski definition) is 7. The van der Waals surface area contributed by atoms with Crippen LogP contribution in [-0.4, -0.2) is 68.2 Å². The summed E-state index contributed by atoms with van der Waals surface area (Å²) in [5, 5.41) is 13.8. The molecule has 1 N–H and O–H groups in total. The smallest absolute Gasteiger partial charge is 0.319 e. The Morgan fingerprint density at radius 2 is 2.15 bits per heavy atom. The van der Waals surface area contributed by atoms with Crippen molar-refractivity contribution in [2.45, 2.75) is 25.4 Å². The molecule has 2 aromatic heterocycles. The molecular formula is C18H19N7OS. The van der Waals surface area contributed by atoms with Gasteiger partial charge in [-0.25, -0.2) is 14.8 Å². The Bertz CT molecular complexity index is 1030. The standard InChI is InChI=1S/C18H19N7OS/c1-10-22-23-16(27-10)11-3-4-12-7-19-17(20-15(12)5-11)21-18(26)25-9-13-6-14(25)8-24(13)2/h3-5,7,13-14H,6,8-9H2,1-2H3,(H,19,20,21,26)/t13-,14-/m1/s1. The monoisotopic (exact) mass is 381 g/mol. The van der Waals surface area contributed by atoms with E-state index in [9.17, 15) is 4.79 Å². The van der Waals surface area contributed by atoms with Gasteiger partial charge in [0.15, 0.2) is 0 Å². The van der Waals surface area contributed by atoms with E-state index in [2.05, 4.69) is 37.4 Å². The van der Waals surface area contributed by atoms with E-state index in [0.29, 0.717) is 12.0 Å². The molecular weight excluding hydrogens is 362 g/mol. The lowest BCUT2D eigenvalue weighted by atomic mass is 10.1. The summed E-state index contributed by atoms with van der Waals surface area (Å²) in [6, 6.07) is 6.54. The third-order valence-electron chi connectivity index (χ3n) is 5.35. The first-order valence-electron chi connectivity index (χ1n) is 8.92. The van der Waals surface area contributed by atoms with Gasteiger partial charge >= 0.3 is 6.03 Å². The molecule has 1 aromatic carbocycles. The lowest BCUT2D eigenvalue weighted by molar-refractivity contribution is 0.161. The van der Waals surface area contributed by atoms with Crippen molar-refractivity contribution >= 4 is 34.2 Å². The van der Waals surface area contributed by atoms with Crippen molar-refractivity contribution in [1.82, 2.24) is 30.0 Å². The molecule has 2 aliphatic rings. The van der Waals surface area contributed by atoms with Crippen LogP contribution in [0.1, 0.15) is 11.4 Å². The number of rotatable bonds is 2. The van der Waals surface area contributed by atoms with E-state index < -0.39 is 0 Å². The van der Waals surface area contributed by atoms with Crippen molar-refractivity contribution < 1.29 is 4.79 Å². The van der Waals surface area contributed by atoms with Crippen LogP contribution < -0.4 is 5.32 Å². The summed E-state index contributed by atoms with van der Waals surface area (Å²) in [6.07, 6.45) is 2.78. The first-order chi connectivity index (χ1) is 13.1. The molecule has 8 nitrogen and oxygen atoms in total. The van der Waals surface area contributed by atoms with Crippen molar-refractivity contribution in [3.63, 3.8) is 0 Å². The van der Waals surface area contributed by atoms with E-state index in [0.717, 1.165) is 46.0 Å². The number of carbonyl (C=O) groups excluding carboxylic acids is 1. The summed E-state index contributed by atoms with van der Waals surface area (Å²) in [4.78, 5) is 25.7. The van der Waals surface area contributed by atoms with Gasteiger partial charge in [-0.3, -0.25) is 10.2 Å². The van der Waals surface area contributed by atoms with E-state index in [1.165, 1.54) is 0 Å². The Labute approximate surface area is 160 Å². The molecule has 0 unspecified atom stereocenters. The zero-order valence-corrected chi connectivity index (χ0v) is 15.9. The molecule has 2 atom stereocenters. The van der Waals surface area contributed by atoms with Gasteiger partial charge in [0, 0.05) is 42.3 Å². The molecule has 9 heteroatoms. The summed E-state index contributed by atoms with van der Waals surface area (Å²) < 4.78 is 0. The fourth-order valence-corrected chi connectivity index (χ4v) is 4.60. The van der Waals surface area contributed by atoms with Crippen molar-refractivity contribution in [3.05, 3.63) is 29.4 Å². The number of fused-ring (bicyclic) bond motifs is 3. The molecule has 0 saturated carbocycles. The zero-order valence-electron chi connectivity index (χ0n) is 15.1. The molecule has 5 rings (SSSR count). The fraction of sp³-hybridized carbons (Fsp3) is 0.389. The van der Waals surface area contributed by atoms with Crippen molar-refractivity contribution in [1.29, 1.82) is 0 Å². The largest absolute Gasteiger partial charge is 0.324 e. The highest BCUT2D eigenvalue weighted by atomic mass is 32.1. The molecule has 2 saturated heterocycles. The van der Waals surface area contributed by atoms with Crippen LogP contribution in [0.15, 0.2) is 24.4 Å². The highest BCUT2D eigenvalue weighted by Crippen LogP contribution is 2.30. The minimum Gasteiger partial charge on any atom is -0.319 e. The number of amides is 2. The number of likely N-dealkylation sites (N-methyl/N-ethyl adjacent to an activating group) is 1. The molecule has 138 valence electrons. The predicted molar refractivity (Wildman–Crippen MR) is 104 cm³/mol. The number of nitrogens with one attached hydrogen (secondary N) is 1. The van der Waals surface area contributed by atoms with E-state index in [1.807, 2.05) is 30.0 Å². The Kier molecular flexibility index (Phi) is 3.80. The molecule has 2 fully saturated rings. The maximum absolute atomic E-state index is 12.6. The van der Waals surface area contributed by atoms with Gasteiger partial charge in [-0.15, -0.1) is 10.2 Å². The van der Waals surface area contributed by atoms with Crippen LogP contribution in [0, 0.1) is 6.92 Å². The van der Waals surface area contributed by atoms with Gasteiger partial charge in [0.2, 0.25) is 5.95 Å². The second-order valence-electron chi connectivity index (χ2n) is 7.16. The summed E-state index contributed by atoms with van der Waals surface area (Å²) in [5.74, 6) is 0.328. The van der Waals surface area contributed by atoms with E-state index in [-0.39, 0.29) is 12.1 Å². The van der Waals surface area contributed by atoms with E-state index in [1.54, 1.807) is 17.5 Å². The Hall–Kier alpha value is -2.65. The van der Waals surface area contributed by atoms with Crippen molar-refractivity contribution in [2.24, 2.45) is 0 Å². The summed E-state index contributed by atoms with van der Waals surface area (Å²) in [7, 11) is 2.11. The fourth-order valence-electron chi connectivity index (χ4n) is 3.91. The summed E-state index contributed by atoms with van der Waals surface area (Å²) >= 11 is 1.54. The molecule has 2 bridgehead atoms. The number of piperazine rings is 1. The highest BCUT2D eigenvalue weighted by molar-refractivity contribution is 7.14. The number of carbonyl (C=O) groups is 1. The Balaban J connectivity index is 1.38. The zero-order chi connectivity index (χ0) is 18.5. The second kappa shape index (κ2) is 6.21. The van der Waals surface area contributed by atoms with Gasteiger partial charge in [-0.1, -0.05) is 23.5 Å². The number of hydrogen-bond donors (Lipinski definition) is 1. The van der Waals surface area contributed by atoms with Gasteiger partial charge in [0.05, 0.1) is 5.52 Å². The van der Waals surface area contributed by atoms with Gasteiger partial charge < -0.3 is 4.90 Å². The molecule has 3 aromatic rings. The topological polar surface area (TPSA) is 87.1 Å². The lowest BCUT2D eigenvalue weighted by Crippen LogP contribution is -2.48. The van der Waals surface area contributed by atoms with Gasteiger partial charge in [0.1, 0.15) is 10.0 Å². The average Bonchev–Trinajstić information content (AvgIpc) is 3.36. The minimum atomic E-state index is -0.120. The summed E-state index contributed by atoms with van der Waals surface area (Å²) in [5.41, 5.74) is 1.73. The Morgan fingerprint density at radius 3 is 2.85 bits per heavy atom. The molecule has 0 aliphatic carbocycles. The molecule has 27 heavy (non-hydrogen) atoms. The molecule has 0 radical (unpaired) electrons. The number of aryl methyl sites for hydroxylation is 1. The van der Waals surface area contributed by atoms with Gasteiger partial charge in [0.25, 0.3) is 0 Å². The van der Waals surface area contributed by atoms with Crippen LogP contribution in [0.4, 0.5) is 10.7 Å². The number of aromatic nitrogens is 4. The third kappa shape index (κ3) is 2.92. The molecule has 4 heterocycles. The quantitative estimate of drug-likeness (QED) is 0.733. The number of likely N-dealkylation sites (tertiary alicyclic amines) is 2. The molecule has 2 amide bonds. The van der Waals surface area contributed by atoms with Crippen LogP contribution in [0.25, 0.3) is 21.5 Å². The lowest BCUT2D eigenvalue weighted by Gasteiger charge is -2.31. The van der Waals surface area contributed by atoms with Crippen LogP contribution in [0.5, 0.6) is 0 Å².